The van der Waals surface area contributed by atoms with E-state index in [1.807, 2.05) is 0 Å². The summed E-state index contributed by atoms with van der Waals surface area (Å²) in [6.07, 6.45) is 7.58. The molecule has 0 bridgehead atoms. The van der Waals surface area contributed by atoms with E-state index in [1.165, 1.54) is 37.7 Å². The van der Waals surface area contributed by atoms with Crippen LogP contribution in [-0.4, -0.2) is 6.54 Å². The summed E-state index contributed by atoms with van der Waals surface area (Å²) in [7, 11) is 0. The molecule has 0 saturated carbocycles. The molecule has 2 N–H and O–H groups in total. The minimum Gasteiger partial charge on any atom is -0.330 e. The molecule has 0 spiro atoms. The van der Waals surface area contributed by atoms with E-state index < -0.39 is 0 Å². The molecular weight excluding hydrogens is 194 g/mol. The van der Waals surface area contributed by atoms with E-state index in [2.05, 4.69) is 25.1 Å². The lowest BCUT2D eigenvalue weighted by atomic mass is 9.96. The molecule has 16 heavy (non-hydrogen) atoms. The summed E-state index contributed by atoms with van der Waals surface area (Å²) < 4.78 is 0. The molecule has 0 radical (unpaired) electrons. The molecule has 1 atom stereocenters. The van der Waals surface area contributed by atoms with Crippen LogP contribution in [0.5, 0.6) is 0 Å². The van der Waals surface area contributed by atoms with Crippen molar-refractivity contribution in [3.8, 4) is 0 Å². The van der Waals surface area contributed by atoms with Crippen molar-refractivity contribution in [1.29, 1.82) is 0 Å². The molecule has 0 aromatic heterocycles. The van der Waals surface area contributed by atoms with E-state index in [0.717, 1.165) is 18.9 Å². The van der Waals surface area contributed by atoms with Crippen LogP contribution in [0, 0.1) is 5.92 Å². The minimum atomic E-state index is 0.762. The molecule has 1 unspecified atom stereocenters. The van der Waals surface area contributed by atoms with E-state index in [4.69, 9.17) is 5.73 Å². The van der Waals surface area contributed by atoms with Crippen molar-refractivity contribution in [3.05, 3.63) is 34.9 Å². The summed E-state index contributed by atoms with van der Waals surface area (Å²) in [4.78, 5) is 0. The second-order valence-electron chi connectivity index (χ2n) is 5.18. The van der Waals surface area contributed by atoms with Gasteiger partial charge in [-0.1, -0.05) is 25.1 Å². The molecule has 88 valence electrons. The molecule has 1 aliphatic carbocycles. The van der Waals surface area contributed by atoms with Crippen LogP contribution in [0.4, 0.5) is 0 Å². The second-order valence-corrected chi connectivity index (χ2v) is 5.18. The highest BCUT2D eigenvalue weighted by Crippen LogP contribution is 2.24. The molecule has 1 aromatic carbocycles. The Hall–Kier alpha value is -0.820. The van der Waals surface area contributed by atoms with Gasteiger partial charge in [0.1, 0.15) is 0 Å². The SMILES string of the molecule is CC(CCN)CCc1ccc2c(c1)CCC2. The first kappa shape index (κ1) is 11.7. The fourth-order valence-corrected chi connectivity index (χ4v) is 2.62. The van der Waals surface area contributed by atoms with Crippen LogP contribution in [0.1, 0.15) is 42.9 Å². The quantitative estimate of drug-likeness (QED) is 0.806. The molecule has 1 nitrogen and oxygen atoms in total. The monoisotopic (exact) mass is 217 g/mol. The van der Waals surface area contributed by atoms with Crippen molar-refractivity contribution in [2.45, 2.75) is 45.4 Å². The minimum absolute atomic E-state index is 0.762. The lowest BCUT2D eigenvalue weighted by Gasteiger charge is -2.10. The maximum absolute atomic E-state index is 5.57. The molecule has 1 aromatic rings. The largest absolute Gasteiger partial charge is 0.330 e. The standard InChI is InChI=1S/C15H23N/c1-12(9-10-16)5-6-13-7-8-14-3-2-4-15(14)11-13/h7-8,11-12H,2-6,9-10,16H2,1H3. The van der Waals surface area contributed by atoms with E-state index >= 15 is 0 Å². The predicted octanol–water partition coefficient (Wildman–Crippen LogP) is 3.09. The Kier molecular flexibility index (Phi) is 4.00. The van der Waals surface area contributed by atoms with Crippen molar-refractivity contribution < 1.29 is 0 Å². The first-order valence-corrected chi connectivity index (χ1v) is 6.60. The normalized spacial score (nSPS) is 16.1. The van der Waals surface area contributed by atoms with Gasteiger partial charge in [0.2, 0.25) is 0 Å². The Labute approximate surface area is 99.0 Å². The molecule has 2 rings (SSSR count). The first-order chi connectivity index (χ1) is 7.79. The lowest BCUT2D eigenvalue weighted by molar-refractivity contribution is 0.499. The number of rotatable bonds is 5. The number of hydrogen-bond donors (Lipinski definition) is 1. The van der Waals surface area contributed by atoms with E-state index in [-0.39, 0.29) is 0 Å². The van der Waals surface area contributed by atoms with Crippen LogP contribution in [0.3, 0.4) is 0 Å². The first-order valence-electron chi connectivity index (χ1n) is 6.60. The smallest absolute Gasteiger partial charge is 0.00747 e. The number of nitrogens with two attached hydrogens (primary N) is 1. The maximum Gasteiger partial charge on any atom is -0.00747 e. The van der Waals surface area contributed by atoms with Gasteiger partial charge in [0.15, 0.2) is 0 Å². The van der Waals surface area contributed by atoms with E-state index in [0.29, 0.717) is 0 Å². The van der Waals surface area contributed by atoms with Crippen LogP contribution in [0.25, 0.3) is 0 Å². The highest BCUT2D eigenvalue weighted by Gasteiger charge is 2.11. The highest BCUT2D eigenvalue weighted by atomic mass is 14.5. The number of fused-ring (bicyclic) bond motifs is 1. The Bertz CT molecular complexity index is 343. The molecule has 1 aliphatic rings. The summed E-state index contributed by atoms with van der Waals surface area (Å²) >= 11 is 0. The lowest BCUT2D eigenvalue weighted by Crippen LogP contribution is -2.06. The summed E-state index contributed by atoms with van der Waals surface area (Å²) in [5.41, 5.74) is 10.3. The summed E-state index contributed by atoms with van der Waals surface area (Å²) in [5.74, 6) is 0.762. The predicted molar refractivity (Wildman–Crippen MR) is 69.6 cm³/mol. The third-order valence-corrected chi connectivity index (χ3v) is 3.75. The maximum atomic E-state index is 5.57. The van der Waals surface area contributed by atoms with Gasteiger partial charge in [-0.3, -0.25) is 0 Å². The zero-order valence-electron chi connectivity index (χ0n) is 10.3. The van der Waals surface area contributed by atoms with Crippen molar-refractivity contribution in [2.75, 3.05) is 6.54 Å². The van der Waals surface area contributed by atoms with E-state index in [9.17, 15) is 0 Å². The number of hydrogen-bond acceptors (Lipinski definition) is 1. The van der Waals surface area contributed by atoms with Crippen LogP contribution < -0.4 is 5.73 Å². The molecule has 1 heteroatoms. The van der Waals surface area contributed by atoms with Gasteiger partial charge in [-0.2, -0.15) is 0 Å². The van der Waals surface area contributed by atoms with Crippen molar-refractivity contribution in [2.24, 2.45) is 11.7 Å². The zero-order chi connectivity index (χ0) is 11.4. The van der Waals surface area contributed by atoms with Gasteiger partial charge < -0.3 is 5.73 Å². The third kappa shape index (κ3) is 2.85. The number of benzene rings is 1. The summed E-state index contributed by atoms with van der Waals surface area (Å²) in [6, 6.07) is 7.09. The van der Waals surface area contributed by atoms with Crippen LogP contribution >= 0.6 is 0 Å². The van der Waals surface area contributed by atoms with Gasteiger partial charge >= 0.3 is 0 Å². The van der Waals surface area contributed by atoms with Crippen LogP contribution in [-0.2, 0) is 19.3 Å². The van der Waals surface area contributed by atoms with Gasteiger partial charge in [-0.25, -0.2) is 0 Å². The van der Waals surface area contributed by atoms with Gasteiger partial charge in [0.05, 0.1) is 0 Å². The van der Waals surface area contributed by atoms with Crippen LogP contribution in [0.15, 0.2) is 18.2 Å². The number of aryl methyl sites for hydroxylation is 3. The summed E-state index contributed by atoms with van der Waals surface area (Å²) in [5, 5.41) is 0. The second kappa shape index (κ2) is 5.49. The topological polar surface area (TPSA) is 26.0 Å². The molecule has 0 fully saturated rings. The van der Waals surface area contributed by atoms with Crippen LogP contribution in [0.2, 0.25) is 0 Å². The Morgan fingerprint density at radius 1 is 1.19 bits per heavy atom. The van der Waals surface area contributed by atoms with Gasteiger partial charge in [0.25, 0.3) is 0 Å². The molecule has 0 amide bonds. The van der Waals surface area contributed by atoms with Crippen molar-refractivity contribution >= 4 is 0 Å². The van der Waals surface area contributed by atoms with E-state index in [1.54, 1.807) is 11.1 Å². The van der Waals surface area contributed by atoms with Gasteiger partial charge in [-0.05, 0) is 67.7 Å². The fourth-order valence-electron chi connectivity index (χ4n) is 2.62. The van der Waals surface area contributed by atoms with Crippen molar-refractivity contribution in [1.82, 2.24) is 0 Å². The zero-order valence-corrected chi connectivity index (χ0v) is 10.3. The average Bonchev–Trinajstić information content (AvgIpc) is 2.74. The fraction of sp³-hybridized carbons (Fsp3) is 0.600. The third-order valence-electron chi connectivity index (χ3n) is 3.75. The molecule has 0 aliphatic heterocycles. The average molecular weight is 217 g/mol. The Balaban J connectivity index is 1.90. The Morgan fingerprint density at radius 3 is 2.81 bits per heavy atom. The molecule has 0 heterocycles. The summed E-state index contributed by atoms with van der Waals surface area (Å²) in [6.45, 7) is 3.13. The van der Waals surface area contributed by atoms with Gasteiger partial charge in [0, 0.05) is 0 Å². The molecule has 0 saturated heterocycles. The molecular formula is C15H23N. The highest BCUT2D eigenvalue weighted by molar-refractivity contribution is 5.35. The van der Waals surface area contributed by atoms with Crippen molar-refractivity contribution in [3.63, 3.8) is 0 Å². The van der Waals surface area contributed by atoms with Gasteiger partial charge in [-0.15, -0.1) is 0 Å². The Morgan fingerprint density at radius 2 is 2.00 bits per heavy atom.